The fourth-order valence-electron chi connectivity index (χ4n) is 4.19. The molecular weight excluding hydrogens is 378 g/mol. The number of nitriles is 1. The number of rotatable bonds is 5. The summed E-state index contributed by atoms with van der Waals surface area (Å²) < 4.78 is 0. The molecule has 1 aromatic carbocycles. The van der Waals surface area contributed by atoms with Crippen LogP contribution >= 0.6 is 0 Å². The van der Waals surface area contributed by atoms with Gasteiger partial charge in [-0.1, -0.05) is 6.07 Å². The lowest BCUT2D eigenvalue weighted by Gasteiger charge is -2.53. The van der Waals surface area contributed by atoms with Crippen LogP contribution in [0.2, 0.25) is 0 Å². The summed E-state index contributed by atoms with van der Waals surface area (Å²) >= 11 is 0. The fraction of sp³-hybridized carbons (Fsp3) is 0.455. The zero-order valence-electron chi connectivity index (χ0n) is 18.2. The van der Waals surface area contributed by atoms with Crippen molar-refractivity contribution in [2.75, 3.05) is 17.7 Å². The van der Waals surface area contributed by atoms with Crippen molar-refractivity contribution >= 4 is 23.4 Å². The van der Waals surface area contributed by atoms with E-state index in [-0.39, 0.29) is 22.7 Å². The maximum atomic E-state index is 12.0. The molecule has 0 spiro atoms. The number of nitrogens with two attached hydrogens (primary N) is 1. The summed E-state index contributed by atoms with van der Waals surface area (Å²) in [6.45, 7) is 8.86. The Balaban J connectivity index is 1.88. The van der Waals surface area contributed by atoms with Crippen molar-refractivity contribution < 1.29 is 4.79 Å². The lowest BCUT2D eigenvalue weighted by atomic mass is 9.77. The second kappa shape index (κ2) is 7.92. The van der Waals surface area contributed by atoms with Gasteiger partial charge in [0.2, 0.25) is 5.95 Å². The van der Waals surface area contributed by atoms with Gasteiger partial charge in [0.1, 0.15) is 5.82 Å². The Hall–Kier alpha value is -3.18. The highest BCUT2D eigenvalue weighted by Crippen LogP contribution is 2.38. The highest BCUT2D eigenvalue weighted by Gasteiger charge is 2.43. The second-order valence-electron chi connectivity index (χ2n) is 9.07. The van der Waals surface area contributed by atoms with E-state index < -0.39 is 5.91 Å². The lowest BCUT2D eigenvalue weighted by molar-refractivity contribution is -0.00772. The number of carbonyl (C=O) groups is 1. The largest absolute Gasteiger partial charge is 0.366 e. The van der Waals surface area contributed by atoms with Gasteiger partial charge < -0.3 is 16.4 Å². The highest BCUT2D eigenvalue weighted by atomic mass is 16.1. The number of piperidine rings is 1. The van der Waals surface area contributed by atoms with E-state index in [1.165, 1.54) is 6.20 Å². The molecule has 1 saturated heterocycles. The molecule has 1 aromatic heterocycles. The van der Waals surface area contributed by atoms with Crippen LogP contribution in [0.1, 0.15) is 56.5 Å². The molecule has 2 heterocycles. The molecular formula is C22H29N7O. The van der Waals surface area contributed by atoms with E-state index in [4.69, 9.17) is 11.0 Å². The van der Waals surface area contributed by atoms with Crippen molar-refractivity contribution in [2.24, 2.45) is 5.73 Å². The van der Waals surface area contributed by atoms with E-state index in [9.17, 15) is 4.79 Å². The van der Waals surface area contributed by atoms with Crippen LogP contribution in [0.3, 0.4) is 0 Å². The Morgan fingerprint density at radius 2 is 1.93 bits per heavy atom. The van der Waals surface area contributed by atoms with E-state index in [1.807, 2.05) is 6.07 Å². The summed E-state index contributed by atoms with van der Waals surface area (Å²) in [5, 5.41) is 15.6. The Bertz CT molecular complexity index is 975. The fourth-order valence-corrected chi connectivity index (χ4v) is 4.19. The van der Waals surface area contributed by atoms with Gasteiger partial charge in [0.05, 0.1) is 17.2 Å². The number of carbonyl (C=O) groups excluding carboxylic acids is 1. The normalized spacial score (nSPS) is 18.4. The molecule has 1 aliphatic rings. The first-order valence-corrected chi connectivity index (χ1v) is 9.96. The maximum absolute atomic E-state index is 12.0. The number of nitrogens with zero attached hydrogens (tertiary/aromatic N) is 4. The summed E-state index contributed by atoms with van der Waals surface area (Å²) in [5.41, 5.74) is 7.00. The summed E-state index contributed by atoms with van der Waals surface area (Å²) in [6.07, 6.45) is 3.21. The molecule has 0 atom stereocenters. The van der Waals surface area contributed by atoms with Gasteiger partial charge >= 0.3 is 0 Å². The van der Waals surface area contributed by atoms with Crippen LogP contribution in [-0.2, 0) is 0 Å². The van der Waals surface area contributed by atoms with Gasteiger partial charge in [0.15, 0.2) is 0 Å². The van der Waals surface area contributed by atoms with Gasteiger partial charge in [-0.05, 0) is 65.8 Å². The molecule has 0 saturated carbocycles. The van der Waals surface area contributed by atoms with Gasteiger partial charge in [-0.3, -0.25) is 9.69 Å². The average molecular weight is 408 g/mol. The number of likely N-dealkylation sites (tertiary alicyclic amines) is 1. The van der Waals surface area contributed by atoms with Gasteiger partial charge in [-0.25, -0.2) is 4.98 Å². The molecule has 0 radical (unpaired) electrons. The zero-order chi connectivity index (χ0) is 22.1. The van der Waals surface area contributed by atoms with E-state index >= 15 is 0 Å². The highest BCUT2D eigenvalue weighted by molar-refractivity contribution is 5.97. The van der Waals surface area contributed by atoms with Crippen molar-refractivity contribution in [1.82, 2.24) is 14.9 Å². The standard InChI is InChI=1S/C22H29N7O/c1-21(2)10-16(11-22(3,4)29(21)5)26-19-17(18(24)30)13-25-20(28-19)27-15-8-6-7-14(9-15)12-23/h6-9,13,16H,10-11H2,1-5H3,(H2,24,30)(H2,25,26,27,28). The van der Waals surface area contributed by atoms with E-state index in [2.05, 4.69) is 66.3 Å². The van der Waals surface area contributed by atoms with Crippen molar-refractivity contribution in [2.45, 2.75) is 57.7 Å². The Morgan fingerprint density at radius 1 is 1.27 bits per heavy atom. The van der Waals surface area contributed by atoms with Crippen LogP contribution in [0.15, 0.2) is 30.5 Å². The van der Waals surface area contributed by atoms with Crippen molar-refractivity contribution in [3.05, 3.63) is 41.6 Å². The number of nitrogens with one attached hydrogen (secondary N) is 2. The van der Waals surface area contributed by atoms with Gasteiger partial charge in [0.25, 0.3) is 5.91 Å². The predicted octanol–water partition coefficient (Wildman–Crippen LogP) is 3.25. The molecule has 2 aromatic rings. The number of primary amides is 1. The van der Waals surface area contributed by atoms with Gasteiger partial charge in [-0.2, -0.15) is 10.2 Å². The van der Waals surface area contributed by atoms with Crippen LogP contribution in [0.5, 0.6) is 0 Å². The monoisotopic (exact) mass is 407 g/mol. The van der Waals surface area contributed by atoms with Gasteiger partial charge in [-0.15, -0.1) is 0 Å². The maximum Gasteiger partial charge on any atom is 0.254 e. The Kier molecular flexibility index (Phi) is 5.68. The van der Waals surface area contributed by atoms with Crippen LogP contribution in [-0.4, -0.2) is 44.9 Å². The first-order chi connectivity index (χ1) is 14.0. The molecule has 8 heteroatoms. The molecule has 30 heavy (non-hydrogen) atoms. The number of benzene rings is 1. The van der Waals surface area contributed by atoms with Crippen LogP contribution in [0.4, 0.5) is 17.5 Å². The van der Waals surface area contributed by atoms with Crippen LogP contribution in [0.25, 0.3) is 0 Å². The van der Waals surface area contributed by atoms with Crippen LogP contribution < -0.4 is 16.4 Å². The van der Waals surface area contributed by atoms with Crippen molar-refractivity contribution in [3.63, 3.8) is 0 Å². The van der Waals surface area contributed by atoms with Crippen molar-refractivity contribution in [3.8, 4) is 6.07 Å². The summed E-state index contributed by atoms with van der Waals surface area (Å²) in [7, 11) is 2.15. The van der Waals surface area contributed by atoms with Gasteiger partial charge in [0, 0.05) is 29.0 Å². The smallest absolute Gasteiger partial charge is 0.254 e. The number of anilines is 3. The molecule has 8 nitrogen and oxygen atoms in total. The molecule has 1 fully saturated rings. The summed E-state index contributed by atoms with van der Waals surface area (Å²) in [4.78, 5) is 23.1. The molecule has 1 aliphatic heterocycles. The molecule has 0 bridgehead atoms. The number of aromatic nitrogens is 2. The third kappa shape index (κ3) is 4.52. The summed E-state index contributed by atoms with van der Waals surface area (Å²) in [6, 6.07) is 9.25. The average Bonchev–Trinajstić information content (AvgIpc) is 2.65. The molecule has 0 aliphatic carbocycles. The molecule has 0 unspecified atom stereocenters. The molecule has 158 valence electrons. The first-order valence-electron chi connectivity index (χ1n) is 9.96. The van der Waals surface area contributed by atoms with E-state index in [0.29, 0.717) is 23.0 Å². The Labute approximate surface area is 177 Å². The lowest BCUT2D eigenvalue weighted by Crippen LogP contribution is -2.61. The minimum Gasteiger partial charge on any atom is -0.366 e. The molecule has 1 amide bonds. The number of amides is 1. The number of hydrogen-bond donors (Lipinski definition) is 3. The Morgan fingerprint density at radius 3 is 2.53 bits per heavy atom. The molecule has 3 rings (SSSR count). The third-order valence-corrected chi connectivity index (χ3v) is 5.95. The minimum absolute atomic E-state index is 0.0157. The number of hydrogen-bond acceptors (Lipinski definition) is 7. The van der Waals surface area contributed by atoms with Crippen LogP contribution in [0, 0.1) is 11.3 Å². The predicted molar refractivity (Wildman–Crippen MR) is 118 cm³/mol. The quantitative estimate of drug-likeness (QED) is 0.696. The third-order valence-electron chi connectivity index (χ3n) is 5.95. The first kappa shape index (κ1) is 21.5. The zero-order valence-corrected chi connectivity index (χ0v) is 18.2. The minimum atomic E-state index is -0.582. The molecule has 4 N–H and O–H groups in total. The topological polar surface area (TPSA) is 120 Å². The summed E-state index contributed by atoms with van der Waals surface area (Å²) in [5.74, 6) is 0.156. The van der Waals surface area contributed by atoms with E-state index in [1.54, 1.807) is 18.2 Å². The van der Waals surface area contributed by atoms with Crippen molar-refractivity contribution in [1.29, 1.82) is 5.26 Å². The van der Waals surface area contributed by atoms with E-state index in [0.717, 1.165) is 12.8 Å². The second-order valence-corrected chi connectivity index (χ2v) is 9.07. The SMILES string of the molecule is CN1C(C)(C)CC(Nc2nc(Nc3cccc(C#N)c3)ncc2C(N)=O)CC1(C)C.